The van der Waals surface area contributed by atoms with Crippen molar-refractivity contribution in [3.8, 4) is 5.75 Å². The molecule has 0 bridgehead atoms. The summed E-state index contributed by atoms with van der Waals surface area (Å²) in [5.74, 6) is 0.552. The number of benzene rings is 2. The Hall–Kier alpha value is -3.13. The Morgan fingerprint density at radius 1 is 1.24 bits per heavy atom. The highest BCUT2D eigenvalue weighted by Gasteiger charge is 2.22. The van der Waals surface area contributed by atoms with Crippen LogP contribution < -0.4 is 10.4 Å². The third-order valence-electron chi connectivity index (χ3n) is 4.36. The van der Waals surface area contributed by atoms with Gasteiger partial charge in [0.05, 0.1) is 29.1 Å². The van der Waals surface area contributed by atoms with Gasteiger partial charge in [-0.15, -0.1) is 0 Å². The van der Waals surface area contributed by atoms with Gasteiger partial charge in [-0.25, -0.2) is 4.79 Å². The van der Waals surface area contributed by atoms with Crippen molar-refractivity contribution in [3.05, 3.63) is 68.1 Å². The van der Waals surface area contributed by atoms with Crippen LogP contribution in [0.15, 0.2) is 41.2 Å². The van der Waals surface area contributed by atoms with E-state index in [1.165, 1.54) is 12.1 Å². The summed E-state index contributed by atoms with van der Waals surface area (Å²) in [7, 11) is 1.70. The van der Waals surface area contributed by atoms with Gasteiger partial charge >= 0.3 is 5.69 Å². The molecular formula is C17H15N3O5. The zero-order valence-electron chi connectivity index (χ0n) is 13.5. The smallest absolute Gasteiger partial charge is 0.329 e. The second-order valence-corrected chi connectivity index (χ2v) is 5.88. The molecule has 0 saturated heterocycles. The fraction of sp³-hybridized carbons (Fsp3) is 0.235. The van der Waals surface area contributed by atoms with E-state index in [9.17, 15) is 14.9 Å². The molecule has 8 heteroatoms. The Morgan fingerprint density at radius 2 is 2.00 bits per heavy atom. The van der Waals surface area contributed by atoms with Crippen LogP contribution in [0.25, 0.3) is 11.0 Å². The number of para-hydroxylation sites is 2. The zero-order chi connectivity index (χ0) is 17.6. The molecule has 0 atom stereocenters. The molecule has 2 heterocycles. The van der Waals surface area contributed by atoms with Gasteiger partial charge in [0.15, 0.2) is 6.79 Å². The van der Waals surface area contributed by atoms with Crippen molar-refractivity contribution in [2.75, 3.05) is 6.79 Å². The number of non-ortho nitro benzene ring substituents is 1. The first kappa shape index (κ1) is 15.4. The average Bonchev–Trinajstić information content (AvgIpc) is 2.87. The number of nitro groups is 1. The van der Waals surface area contributed by atoms with E-state index in [4.69, 9.17) is 9.47 Å². The van der Waals surface area contributed by atoms with E-state index in [2.05, 4.69) is 0 Å². The molecule has 25 heavy (non-hydrogen) atoms. The number of hydrogen-bond acceptors (Lipinski definition) is 5. The van der Waals surface area contributed by atoms with Gasteiger partial charge in [-0.1, -0.05) is 12.1 Å². The number of rotatable bonds is 3. The van der Waals surface area contributed by atoms with E-state index < -0.39 is 4.92 Å². The summed E-state index contributed by atoms with van der Waals surface area (Å²) in [5, 5.41) is 11.2. The molecule has 8 nitrogen and oxygen atoms in total. The lowest BCUT2D eigenvalue weighted by Gasteiger charge is -2.20. The van der Waals surface area contributed by atoms with Crippen LogP contribution in [0.2, 0.25) is 0 Å². The molecule has 0 amide bonds. The van der Waals surface area contributed by atoms with Gasteiger partial charge in [0, 0.05) is 30.3 Å². The van der Waals surface area contributed by atoms with Gasteiger partial charge in [-0.3, -0.25) is 19.2 Å². The van der Waals surface area contributed by atoms with Crippen LogP contribution >= 0.6 is 0 Å². The molecule has 0 fully saturated rings. The third-order valence-corrected chi connectivity index (χ3v) is 4.36. The van der Waals surface area contributed by atoms with Gasteiger partial charge < -0.3 is 9.47 Å². The minimum atomic E-state index is -0.454. The molecule has 0 radical (unpaired) electrons. The minimum Gasteiger partial charge on any atom is -0.467 e. The summed E-state index contributed by atoms with van der Waals surface area (Å²) in [6.07, 6.45) is 0. The fourth-order valence-corrected chi connectivity index (χ4v) is 3.19. The highest BCUT2D eigenvalue weighted by Crippen LogP contribution is 2.33. The van der Waals surface area contributed by atoms with Crippen LogP contribution in [0.1, 0.15) is 11.1 Å². The largest absolute Gasteiger partial charge is 0.467 e. The molecule has 3 aromatic rings. The number of nitro benzene ring substituents is 1. The summed E-state index contributed by atoms with van der Waals surface area (Å²) in [4.78, 5) is 23.4. The van der Waals surface area contributed by atoms with Crippen LogP contribution in [0.5, 0.6) is 5.75 Å². The maximum Gasteiger partial charge on any atom is 0.329 e. The molecule has 0 saturated carbocycles. The van der Waals surface area contributed by atoms with E-state index in [0.29, 0.717) is 16.9 Å². The predicted molar refractivity (Wildman–Crippen MR) is 89.7 cm³/mol. The first-order valence-corrected chi connectivity index (χ1v) is 7.71. The van der Waals surface area contributed by atoms with Crippen LogP contribution in [0.4, 0.5) is 5.69 Å². The van der Waals surface area contributed by atoms with Gasteiger partial charge in [-0.05, 0) is 12.1 Å². The molecule has 1 aromatic heterocycles. The summed E-state index contributed by atoms with van der Waals surface area (Å²) >= 11 is 0. The maximum atomic E-state index is 12.6. The zero-order valence-corrected chi connectivity index (χ0v) is 13.5. The fourth-order valence-electron chi connectivity index (χ4n) is 3.19. The van der Waals surface area contributed by atoms with Crippen LogP contribution in [-0.2, 0) is 24.9 Å². The topological polar surface area (TPSA) is 88.5 Å². The number of nitrogens with zero attached hydrogens (tertiary/aromatic N) is 3. The van der Waals surface area contributed by atoms with Crippen molar-refractivity contribution < 1.29 is 14.4 Å². The third kappa shape index (κ3) is 2.47. The molecule has 0 spiro atoms. The van der Waals surface area contributed by atoms with Crippen molar-refractivity contribution in [2.45, 2.75) is 13.2 Å². The van der Waals surface area contributed by atoms with Crippen molar-refractivity contribution in [3.63, 3.8) is 0 Å². The van der Waals surface area contributed by atoms with Gasteiger partial charge in [-0.2, -0.15) is 0 Å². The number of aromatic nitrogens is 2. The van der Waals surface area contributed by atoms with Crippen molar-refractivity contribution >= 4 is 16.7 Å². The van der Waals surface area contributed by atoms with Crippen molar-refractivity contribution in [2.24, 2.45) is 7.05 Å². The lowest BCUT2D eigenvalue weighted by atomic mass is 10.1. The number of imidazole rings is 1. The highest BCUT2D eigenvalue weighted by molar-refractivity contribution is 5.76. The van der Waals surface area contributed by atoms with Crippen LogP contribution in [0.3, 0.4) is 0 Å². The molecular weight excluding hydrogens is 326 g/mol. The van der Waals surface area contributed by atoms with Gasteiger partial charge in [0.1, 0.15) is 5.75 Å². The summed E-state index contributed by atoms with van der Waals surface area (Å²) in [6, 6.07) is 10.3. The lowest BCUT2D eigenvalue weighted by molar-refractivity contribution is -0.385. The minimum absolute atomic E-state index is 0.0452. The lowest BCUT2D eigenvalue weighted by Crippen LogP contribution is -2.23. The SMILES string of the molecule is Cn1c(=O)n(Cc2cc([N+](=O)[O-])cc3c2OCOC3)c2ccccc21. The number of fused-ring (bicyclic) bond motifs is 2. The van der Waals surface area contributed by atoms with Crippen molar-refractivity contribution in [1.82, 2.24) is 9.13 Å². The van der Waals surface area contributed by atoms with Gasteiger partial charge in [0.25, 0.3) is 5.69 Å². The first-order valence-electron chi connectivity index (χ1n) is 7.71. The maximum absolute atomic E-state index is 12.6. The Balaban J connectivity index is 1.89. The molecule has 128 valence electrons. The standard InChI is InChI=1S/C17H15N3O5/c1-18-14-4-2-3-5-15(14)19(17(18)21)8-11-6-13(20(22)23)7-12-9-24-10-25-16(11)12/h2-7H,8-10H2,1H3. The van der Waals surface area contributed by atoms with Crippen LogP contribution in [-0.4, -0.2) is 20.9 Å². The second-order valence-electron chi connectivity index (χ2n) is 5.88. The Kier molecular flexibility index (Phi) is 3.54. The second kappa shape index (κ2) is 5.75. The van der Waals surface area contributed by atoms with E-state index in [1.807, 2.05) is 24.3 Å². The normalized spacial score (nSPS) is 13.5. The monoisotopic (exact) mass is 341 g/mol. The van der Waals surface area contributed by atoms with E-state index in [1.54, 1.807) is 16.2 Å². The van der Waals surface area contributed by atoms with E-state index >= 15 is 0 Å². The molecule has 2 aromatic carbocycles. The Bertz CT molecular complexity index is 1050. The van der Waals surface area contributed by atoms with E-state index in [0.717, 1.165) is 11.0 Å². The molecule has 0 aliphatic carbocycles. The van der Waals surface area contributed by atoms with Crippen molar-refractivity contribution in [1.29, 1.82) is 0 Å². The van der Waals surface area contributed by atoms with Crippen LogP contribution in [0, 0.1) is 10.1 Å². The first-order chi connectivity index (χ1) is 12.1. The summed E-state index contributed by atoms with van der Waals surface area (Å²) in [6.45, 7) is 0.515. The molecule has 4 rings (SSSR count). The Labute approximate surface area is 142 Å². The quantitative estimate of drug-likeness (QED) is 0.538. The van der Waals surface area contributed by atoms with E-state index in [-0.39, 0.29) is 31.3 Å². The average molecular weight is 341 g/mol. The molecule has 1 aliphatic rings. The molecule has 0 N–H and O–H groups in total. The number of ether oxygens (including phenoxy) is 2. The predicted octanol–water partition coefficient (Wildman–Crippen LogP) is 2.16. The number of aryl methyl sites for hydroxylation is 1. The summed E-state index contributed by atoms with van der Waals surface area (Å²) in [5.41, 5.74) is 2.54. The summed E-state index contributed by atoms with van der Waals surface area (Å²) < 4.78 is 13.9. The molecule has 0 unspecified atom stereocenters. The molecule has 1 aliphatic heterocycles. The highest BCUT2D eigenvalue weighted by atomic mass is 16.7. The number of hydrogen-bond donors (Lipinski definition) is 0. The Morgan fingerprint density at radius 3 is 2.76 bits per heavy atom. The van der Waals surface area contributed by atoms with Gasteiger partial charge in [0.2, 0.25) is 0 Å².